The van der Waals surface area contributed by atoms with Gasteiger partial charge in [-0.05, 0) is 48.7 Å². The summed E-state index contributed by atoms with van der Waals surface area (Å²) in [7, 11) is 1.56. The lowest BCUT2D eigenvalue weighted by Crippen LogP contribution is -2.32. The molecule has 0 aromatic heterocycles. The van der Waals surface area contributed by atoms with E-state index in [9.17, 15) is 4.79 Å². The van der Waals surface area contributed by atoms with Crippen LogP contribution in [0.4, 0.5) is 0 Å². The Kier molecular flexibility index (Phi) is 9.14. The van der Waals surface area contributed by atoms with E-state index < -0.39 is 6.10 Å². The van der Waals surface area contributed by atoms with E-state index in [-0.39, 0.29) is 12.5 Å². The van der Waals surface area contributed by atoms with Crippen LogP contribution in [0.15, 0.2) is 36.4 Å². The van der Waals surface area contributed by atoms with Crippen LogP contribution in [0.2, 0.25) is 10.0 Å². The van der Waals surface area contributed by atoms with Gasteiger partial charge in [0.25, 0.3) is 5.91 Å². The molecular formula is C22H23Cl2NO4. The fourth-order valence-electron chi connectivity index (χ4n) is 2.69. The lowest BCUT2D eigenvalue weighted by molar-refractivity contribution is -0.132. The van der Waals surface area contributed by atoms with Crippen LogP contribution in [0.3, 0.4) is 0 Å². The van der Waals surface area contributed by atoms with E-state index >= 15 is 0 Å². The molecule has 154 valence electrons. The molecule has 1 amide bonds. The molecule has 0 unspecified atom stereocenters. The van der Waals surface area contributed by atoms with Gasteiger partial charge in [0.05, 0.1) is 17.2 Å². The van der Waals surface area contributed by atoms with Gasteiger partial charge in [0, 0.05) is 13.2 Å². The van der Waals surface area contributed by atoms with Crippen LogP contribution in [0, 0.1) is 12.3 Å². The zero-order valence-electron chi connectivity index (χ0n) is 16.3. The van der Waals surface area contributed by atoms with Crippen molar-refractivity contribution in [3.8, 4) is 23.8 Å². The van der Waals surface area contributed by atoms with Gasteiger partial charge >= 0.3 is 0 Å². The number of hydrogen-bond acceptors (Lipinski definition) is 4. The Morgan fingerprint density at radius 2 is 1.97 bits per heavy atom. The Morgan fingerprint density at radius 1 is 1.17 bits per heavy atom. The molecular weight excluding hydrogens is 413 g/mol. The number of hydrogen-bond donors (Lipinski definition) is 1. The third kappa shape index (κ3) is 6.57. The van der Waals surface area contributed by atoms with Gasteiger partial charge in [-0.25, -0.2) is 0 Å². The average molecular weight is 436 g/mol. The summed E-state index contributed by atoms with van der Waals surface area (Å²) < 4.78 is 16.4. The highest BCUT2D eigenvalue weighted by atomic mass is 35.5. The Labute approximate surface area is 181 Å². The van der Waals surface area contributed by atoms with Gasteiger partial charge in [-0.2, -0.15) is 0 Å². The average Bonchev–Trinajstić information content (AvgIpc) is 2.72. The second-order valence-corrected chi connectivity index (χ2v) is 6.84. The van der Waals surface area contributed by atoms with E-state index in [1.807, 2.05) is 19.1 Å². The SMILES string of the molecule is C#CCOc1ccc(CCNC(=O)[C@@H](OCC)c2ccc(Cl)c(Cl)c2)cc1OC. The van der Waals surface area contributed by atoms with Gasteiger partial charge in [0.1, 0.15) is 6.61 Å². The lowest BCUT2D eigenvalue weighted by Gasteiger charge is -2.18. The zero-order chi connectivity index (χ0) is 21.2. The number of terminal acetylenes is 1. The van der Waals surface area contributed by atoms with Crippen molar-refractivity contribution in [3.05, 3.63) is 57.6 Å². The van der Waals surface area contributed by atoms with Crippen molar-refractivity contribution >= 4 is 29.1 Å². The number of rotatable bonds is 10. The summed E-state index contributed by atoms with van der Waals surface area (Å²) in [6.45, 7) is 2.80. The Morgan fingerprint density at radius 3 is 2.62 bits per heavy atom. The highest BCUT2D eigenvalue weighted by Gasteiger charge is 2.21. The van der Waals surface area contributed by atoms with Crippen LogP contribution in [0.5, 0.6) is 11.5 Å². The molecule has 0 heterocycles. The summed E-state index contributed by atoms with van der Waals surface area (Å²) in [4.78, 5) is 12.6. The molecule has 1 atom stereocenters. The van der Waals surface area contributed by atoms with Crippen molar-refractivity contribution in [2.24, 2.45) is 0 Å². The second-order valence-electron chi connectivity index (χ2n) is 6.03. The Hall–Kier alpha value is -2.39. The van der Waals surface area contributed by atoms with E-state index in [1.54, 1.807) is 31.4 Å². The van der Waals surface area contributed by atoms with E-state index in [0.29, 0.717) is 46.7 Å². The third-order valence-electron chi connectivity index (χ3n) is 4.07. The smallest absolute Gasteiger partial charge is 0.253 e. The lowest BCUT2D eigenvalue weighted by atomic mass is 10.1. The van der Waals surface area contributed by atoms with Gasteiger partial charge in [0.2, 0.25) is 0 Å². The molecule has 2 aromatic carbocycles. The number of ether oxygens (including phenoxy) is 3. The molecule has 0 aliphatic rings. The number of benzene rings is 2. The first-order chi connectivity index (χ1) is 14.0. The molecule has 0 bridgehead atoms. The van der Waals surface area contributed by atoms with Gasteiger partial charge < -0.3 is 19.5 Å². The van der Waals surface area contributed by atoms with E-state index in [2.05, 4.69) is 11.2 Å². The van der Waals surface area contributed by atoms with Gasteiger partial charge in [-0.3, -0.25) is 4.79 Å². The first kappa shape index (κ1) is 22.9. The largest absolute Gasteiger partial charge is 0.493 e. The number of methoxy groups -OCH3 is 1. The van der Waals surface area contributed by atoms with Crippen LogP contribution < -0.4 is 14.8 Å². The minimum atomic E-state index is -0.760. The fraction of sp³-hybridized carbons (Fsp3) is 0.318. The predicted octanol–water partition coefficient (Wildman–Crippen LogP) is 4.45. The molecule has 0 aliphatic carbocycles. The molecule has 2 rings (SSSR count). The van der Waals surface area contributed by atoms with E-state index in [4.69, 9.17) is 43.8 Å². The van der Waals surface area contributed by atoms with Crippen molar-refractivity contribution in [1.29, 1.82) is 0 Å². The summed E-state index contributed by atoms with van der Waals surface area (Å²) in [5, 5.41) is 3.70. The summed E-state index contributed by atoms with van der Waals surface area (Å²) in [5.74, 6) is 3.34. The summed E-state index contributed by atoms with van der Waals surface area (Å²) in [6, 6.07) is 10.6. The minimum Gasteiger partial charge on any atom is -0.493 e. The maximum atomic E-state index is 12.6. The monoisotopic (exact) mass is 435 g/mol. The first-order valence-corrected chi connectivity index (χ1v) is 9.83. The van der Waals surface area contributed by atoms with E-state index in [0.717, 1.165) is 5.56 Å². The molecule has 0 radical (unpaired) electrons. The minimum absolute atomic E-state index is 0.166. The van der Waals surface area contributed by atoms with Crippen LogP contribution in [0.1, 0.15) is 24.2 Å². The molecule has 0 fully saturated rings. The first-order valence-electron chi connectivity index (χ1n) is 9.07. The van der Waals surface area contributed by atoms with Crippen LogP contribution in [-0.4, -0.2) is 32.8 Å². The van der Waals surface area contributed by atoms with Crippen molar-refractivity contribution in [3.63, 3.8) is 0 Å². The zero-order valence-corrected chi connectivity index (χ0v) is 17.8. The molecule has 1 N–H and O–H groups in total. The highest BCUT2D eigenvalue weighted by molar-refractivity contribution is 6.42. The summed E-state index contributed by atoms with van der Waals surface area (Å²) in [5.41, 5.74) is 1.63. The van der Waals surface area contributed by atoms with Crippen LogP contribution in [-0.2, 0) is 16.0 Å². The Bertz CT molecular complexity index is 880. The number of halogens is 2. The predicted molar refractivity (Wildman–Crippen MR) is 115 cm³/mol. The second kappa shape index (κ2) is 11.6. The number of nitrogens with one attached hydrogen (secondary N) is 1. The van der Waals surface area contributed by atoms with Crippen molar-refractivity contribution in [2.45, 2.75) is 19.4 Å². The maximum Gasteiger partial charge on any atom is 0.253 e. The number of carbonyl (C=O) groups excluding carboxylic acids is 1. The highest BCUT2D eigenvalue weighted by Crippen LogP contribution is 2.29. The molecule has 5 nitrogen and oxygen atoms in total. The topological polar surface area (TPSA) is 56.8 Å². The number of carbonyl (C=O) groups is 1. The standard InChI is InChI=1S/C22H23Cl2NO4/c1-4-12-29-19-9-6-15(13-20(19)27-3)10-11-25-22(26)21(28-5-2)16-7-8-17(23)18(24)14-16/h1,6-9,13-14,21H,5,10-12H2,2-3H3,(H,25,26)/t21-/m0/s1. The number of amides is 1. The Balaban J connectivity index is 1.99. The van der Waals surface area contributed by atoms with Gasteiger partial charge in [0.15, 0.2) is 17.6 Å². The molecule has 29 heavy (non-hydrogen) atoms. The normalized spacial score (nSPS) is 11.4. The molecule has 7 heteroatoms. The third-order valence-corrected chi connectivity index (χ3v) is 4.81. The fourth-order valence-corrected chi connectivity index (χ4v) is 3.00. The summed E-state index contributed by atoms with van der Waals surface area (Å²) in [6.07, 6.45) is 5.06. The molecule has 2 aromatic rings. The van der Waals surface area contributed by atoms with Crippen molar-refractivity contribution < 1.29 is 19.0 Å². The van der Waals surface area contributed by atoms with E-state index in [1.165, 1.54) is 0 Å². The molecule has 0 spiro atoms. The quantitative estimate of drug-likeness (QED) is 0.560. The van der Waals surface area contributed by atoms with Crippen LogP contribution in [0.25, 0.3) is 0 Å². The molecule has 0 saturated heterocycles. The summed E-state index contributed by atoms with van der Waals surface area (Å²) >= 11 is 12.0. The van der Waals surface area contributed by atoms with Crippen LogP contribution >= 0.6 is 23.2 Å². The molecule has 0 aliphatic heterocycles. The van der Waals surface area contributed by atoms with Gasteiger partial charge in [-0.15, -0.1) is 6.42 Å². The van der Waals surface area contributed by atoms with Gasteiger partial charge in [-0.1, -0.05) is 41.3 Å². The van der Waals surface area contributed by atoms with Crippen molar-refractivity contribution in [1.82, 2.24) is 5.32 Å². The van der Waals surface area contributed by atoms with Crippen molar-refractivity contribution in [2.75, 3.05) is 26.9 Å². The molecule has 0 saturated carbocycles. The maximum absolute atomic E-state index is 12.6.